The van der Waals surface area contributed by atoms with Gasteiger partial charge in [-0.2, -0.15) is 0 Å². The van der Waals surface area contributed by atoms with Crippen LogP contribution in [0.25, 0.3) is 0 Å². The third-order valence-corrected chi connectivity index (χ3v) is 4.08. The lowest BCUT2D eigenvalue weighted by atomic mass is 10.1. The van der Waals surface area contributed by atoms with Crippen LogP contribution in [0.2, 0.25) is 5.02 Å². The van der Waals surface area contributed by atoms with E-state index in [1.54, 1.807) is 6.20 Å². The maximum absolute atomic E-state index is 6.20. The van der Waals surface area contributed by atoms with Crippen molar-refractivity contribution < 1.29 is 0 Å². The summed E-state index contributed by atoms with van der Waals surface area (Å²) >= 11 is 11.8. The zero-order valence-electron chi connectivity index (χ0n) is 13.0. The van der Waals surface area contributed by atoms with Crippen LogP contribution in [0.4, 0.5) is 5.69 Å². The highest BCUT2D eigenvalue weighted by atomic mass is 35.5. The van der Waals surface area contributed by atoms with Gasteiger partial charge in [0.05, 0.1) is 22.4 Å². The molecule has 0 fully saturated rings. The van der Waals surface area contributed by atoms with E-state index in [0.717, 1.165) is 11.4 Å². The Morgan fingerprint density at radius 3 is 2.41 bits per heavy atom. The maximum Gasteiger partial charge on any atom is 0.174 e. The standard InChI is InChI=1S/C17H20ClN3S/c1-12(2)21(13(3)15-9-6-7-11-19-15)17(22)20-16-10-5-4-8-14(16)18/h4-13H,1-3H3,(H,20,22)/t13-/m1/s1. The predicted octanol–water partition coefficient (Wildman–Crippen LogP) is 4.90. The zero-order chi connectivity index (χ0) is 16.1. The first-order valence-electron chi connectivity index (χ1n) is 7.25. The van der Waals surface area contributed by atoms with Gasteiger partial charge >= 0.3 is 0 Å². The van der Waals surface area contributed by atoms with Crippen molar-refractivity contribution in [2.24, 2.45) is 0 Å². The lowest BCUT2D eigenvalue weighted by molar-refractivity contribution is 0.280. The molecule has 22 heavy (non-hydrogen) atoms. The molecule has 0 radical (unpaired) electrons. The number of anilines is 1. The van der Waals surface area contributed by atoms with E-state index < -0.39 is 0 Å². The van der Waals surface area contributed by atoms with Crippen LogP contribution in [0.15, 0.2) is 48.7 Å². The Morgan fingerprint density at radius 1 is 1.14 bits per heavy atom. The lowest BCUT2D eigenvalue weighted by Gasteiger charge is -2.35. The van der Waals surface area contributed by atoms with Gasteiger partial charge in [0, 0.05) is 12.2 Å². The number of nitrogens with one attached hydrogen (secondary N) is 1. The molecule has 1 atom stereocenters. The molecule has 1 heterocycles. The van der Waals surface area contributed by atoms with Crippen LogP contribution < -0.4 is 5.32 Å². The van der Waals surface area contributed by atoms with Gasteiger partial charge < -0.3 is 10.2 Å². The van der Waals surface area contributed by atoms with Gasteiger partial charge in [-0.1, -0.05) is 29.8 Å². The van der Waals surface area contributed by atoms with Gasteiger partial charge in [0.15, 0.2) is 5.11 Å². The van der Waals surface area contributed by atoms with Crippen molar-refractivity contribution >= 4 is 34.6 Å². The quantitative estimate of drug-likeness (QED) is 0.805. The number of pyridine rings is 1. The van der Waals surface area contributed by atoms with E-state index in [9.17, 15) is 0 Å². The Bertz CT molecular complexity index is 631. The molecule has 5 heteroatoms. The Labute approximate surface area is 142 Å². The largest absolute Gasteiger partial charge is 0.338 e. The molecule has 0 aliphatic carbocycles. The minimum atomic E-state index is 0.0729. The van der Waals surface area contributed by atoms with E-state index in [-0.39, 0.29) is 12.1 Å². The smallest absolute Gasteiger partial charge is 0.174 e. The highest BCUT2D eigenvalue weighted by Gasteiger charge is 2.22. The van der Waals surface area contributed by atoms with E-state index in [1.165, 1.54) is 0 Å². The van der Waals surface area contributed by atoms with Gasteiger partial charge in [-0.15, -0.1) is 0 Å². The minimum absolute atomic E-state index is 0.0729. The molecule has 0 saturated carbocycles. The molecule has 0 amide bonds. The van der Waals surface area contributed by atoms with Crippen LogP contribution in [0.1, 0.15) is 32.5 Å². The van der Waals surface area contributed by atoms with E-state index in [4.69, 9.17) is 23.8 Å². The molecule has 1 N–H and O–H groups in total. The number of rotatable bonds is 4. The minimum Gasteiger partial charge on any atom is -0.338 e. The van der Waals surface area contributed by atoms with Crippen molar-refractivity contribution in [3.05, 3.63) is 59.4 Å². The van der Waals surface area contributed by atoms with E-state index in [2.05, 4.69) is 36.0 Å². The molecule has 2 rings (SSSR count). The summed E-state index contributed by atoms with van der Waals surface area (Å²) in [7, 11) is 0. The van der Waals surface area contributed by atoms with Crippen molar-refractivity contribution in [3.8, 4) is 0 Å². The fraction of sp³-hybridized carbons (Fsp3) is 0.294. The topological polar surface area (TPSA) is 28.2 Å². The Kier molecular flexibility index (Phi) is 5.75. The first kappa shape index (κ1) is 16.7. The predicted molar refractivity (Wildman–Crippen MR) is 97.3 cm³/mol. The van der Waals surface area contributed by atoms with Crippen LogP contribution in [0, 0.1) is 0 Å². The number of benzene rings is 1. The molecule has 0 spiro atoms. The SMILES string of the molecule is CC(C)N(C(=S)Nc1ccccc1Cl)[C@H](C)c1ccccn1. The second-order valence-corrected chi connectivity index (χ2v) is 6.14. The average molecular weight is 334 g/mol. The number of hydrogen-bond acceptors (Lipinski definition) is 2. The fourth-order valence-corrected chi connectivity index (χ4v) is 3.03. The molecule has 1 aromatic carbocycles. The second-order valence-electron chi connectivity index (χ2n) is 5.34. The number of hydrogen-bond donors (Lipinski definition) is 1. The second kappa shape index (κ2) is 7.56. The van der Waals surface area contributed by atoms with Crippen LogP contribution in [-0.2, 0) is 0 Å². The summed E-state index contributed by atoms with van der Waals surface area (Å²) in [6.07, 6.45) is 1.80. The monoisotopic (exact) mass is 333 g/mol. The van der Waals surface area contributed by atoms with Crippen LogP contribution in [0.3, 0.4) is 0 Å². The molecule has 1 aromatic heterocycles. The molecular weight excluding hydrogens is 314 g/mol. The number of halogens is 1. The molecule has 3 nitrogen and oxygen atoms in total. The fourth-order valence-electron chi connectivity index (χ4n) is 2.37. The summed E-state index contributed by atoms with van der Waals surface area (Å²) < 4.78 is 0. The van der Waals surface area contributed by atoms with Gasteiger partial charge in [-0.25, -0.2) is 0 Å². The van der Waals surface area contributed by atoms with E-state index in [0.29, 0.717) is 10.1 Å². The van der Waals surface area contributed by atoms with Crippen LogP contribution >= 0.6 is 23.8 Å². The lowest BCUT2D eigenvalue weighted by Crippen LogP contribution is -2.41. The molecule has 0 saturated heterocycles. The first-order chi connectivity index (χ1) is 10.5. The highest BCUT2D eigenvalue weighted by Crippen LogP contribution is 2.25. The number of aromatic nitrogens is 1. The molecule has 2 aromatic rings. The Balaban J connectivity index is 2.21. The molecule has 116 valence electrons. The summed E-state index contributed by atoms with van der Waals surface area (Å²) in [5.74, 6) is 0. The van der Waals surface area contributed by atoms with E-state index >= 15 is 0 Å². The zero-order valence-corrected chi connectivity index (χ0v) is 14.5. The summed E-state index contributed by atoms with van der Waals surface area (Å²) in [4.78, 5) is 6.56. The normalized spacial score (nSPS) is 12.0. The summed E-state index contributed by atoms with van der Waals surface area (Å²) in [6.45, 7) is 6.32. The average Bonchev–Trinajstić information content (AvgIpc) is 2.50. The van der Waals surface area contributed by atoms with Crippen molar-refractivity contribution in [2.45, 2.75) is 32.9 Å². The van der Waals surface area contributed by atoms with Gasteiger partial charge in [0.25, 0.3) is 0 Å². The number of thiocarbonyl (C=S) groups is 1. The molecule has 0 aliphatic rings. The van der Waals surface area contributed by atoms with Crippen molar-refractivity contribution in [1.29, 1.82) is 0 Å². The first-order valence-corrected chi connectivity index (χ1v) is 8.04. The molecular formula is C17H20ClN3S. The number of nitrogens with zero attached hydrogens (tertiary/aromatic N) is 2. The molecule has 0 unspecified atom stereocenters. The van der Waals surface area contributed by atoms with Gasteiger partial charge in [-0.3, -0.25) is 4.98 Å². The summed E-state index contributed by atoms with van der Waals surface area (Å²) in [6, 6.07) is 13.8. The van der Waals surface area contributed by atoms with Crippen molar-refractivity contribution in [1.82, 2.24) is 9.88 Å². The van der Waals surface area contributed by atoms with E-state index in [1.807, 2.05) is 42.5 Å². The summed E-state index contributed by atoms with van der Waals surface area (Å²) in [5.41, 5.74) is 1.80. The van der Waals surface area contributed by atoms with Crippen LogP contribution in [-0.4, -0.2) is 21.0 Å². The summed E-state index contributed by atoms with van der Waals surface area (Å²) in [5, 5.41) is 4.53. The van der Waals surface area contributed by atoms with Gasteiger partial charge in [0.2, 0.25) is 0 Å². The maximum atomic E-state index is 6.20. The van der Waals surface area contributed by atoms with Gasteiger partial charge in [-0.05, 0) is 57.3 Å². The van der Waals surface area contributed by atoms with Crippen molar-refractivity contribution in [3.63, 3.8) is 0 Å². The number of para-hydroxylation sites is 1. The Hall–Kier alpha value is -1.65. The van der Waals surface area contributed by atoms with Crippen molar-refractivity contribution in [2.75, 3.05) is 5.32 Å². The highest BCUT2D eigenvalue weighted by molar-refractivity contribution is 7.80. The molecule has 0 bridgehead atoms. The van der Waals surface area contributed by atoms with Crippen LogP contribution in [0.5, 0.6) is 0 Å². The Morgan fingerprint density at radius 2 is 1.82 bits per heavy atom. The molecule has 0 aliphatic heterocycles. The third-order valence-electron chi connectivity index (χ3n) is 3.44. The third kappa shape index (κ3) is 3.96. The van der Waals surface area contributed by atoms with Gasteiger partial charge in [0.1, 0.15) is 0 Å².